The van der Waals surface area contributed by atoms with Crippen LogP contribution in [0, 0.1) is 5.82 Å². The predicted octanol–water partition coefficient (Wildman–Crippen LogP) is 3.12. The largest absolute Gasteiger partial charge is 0.295 e. The molecule has 1 aliphatic heterocycles. The van der Waals surface area contributed by atoms with Crippen LogP contribution in [-0.4, -0.2) is 58.4 Å². The summed E-state index contributed by atoms with van der Waals surface area (Å²) >= 11 is 7.12. The summed E-state index contributed by atoms with van der Waals surface area (Å²) in [7, 11) is -3.59. The van der Waals surface area contributed by atoms with Gasteiger partial charge in [-0.15, -0.1) is 0 Å². The van der Waals surface area contributed by atoms with Gasteiger partial charge in [0, 0.05) is 49.4 Å². The van der Waals surface area contributed by atoms with Crippen molar-refractivity contribution >= 4 is 37.9 Å². The monoisotopic (exact) mass is 519 g/mol. The highest BCUT2D eigenvalue weighted by molar-refractivity contribution is 7.89. The Kier molecular flexibility index (Phi) is 6.21. The summed E-state index contributed by atoms with van der Waals surface area (Å²) in [5.74, 6) is -0.344. The zero-order chi connectivity index (χ0) is 23.9. The number of piperazine rings is 1. The number of hydrogen-bond acceptors (Lipinski definition) is 7. The molecule has 0 radical (unpaired) electrons. The molecular formula is C22H19ClFN5O3S2. The van der Waals surface area contributed by atoms with E-state index in [4.69, 9.17) is 11.6 Å². The molecule has 1 saturated heterocycles. The van der Waals surface area contributed by atoms with Crippen LogP contribution in [-0.2, 0) is 16.6 Å². The molecule has 0 amide bonds. The first-order valence-corrected chi connectivity index (χ1v) is 13.1. The SMILES string of the molecule is O=c1cc(CN2CCN(S(=O)(=O)c3ccc(Cl)cc3)CC2)nc2sc(-c3ccc(F)cc3)nn12. The smallest absolute Gasteiger partial charge is 0.275 e. The number of aromatic nitrogens is 3. The van der Waals surface area contributed by atoms with Crippen molar-refractivity contribution in [2.24, 2.45) is 0 Å². The van der Waals surface area contributed by atoms with E-state index in [1.807, 2.05) is 0 Å². The standard InChI is InChI=1S/C22H19ClFN5O3S2/c23-16-3-7-19(8-4-16)34(31,32)28-11-9-27(10-12-28)14-18-13-20(30)29-22(25-18)33-21(26-29)15-1-5-17(24)6-2-15/h1-8,13H,9-12,14H2. The van der Waals surface area contributed by atoms with E-state index in [0.29, 0.717) is 59.0 Å². The summed E-state index contributed by atoms with van der Waals surface area (Å²) in [5, 5.41) is 5.37. The van der Waals surface area contributed by atoms with Crippen molar-refractivity contribution in [2.75, 3.05) is 26.2 Å². The van der Waals surface area contributed by atoms with Gasteiger partial charge in [0.2, 0.25) is 15.0 Å². The van der Waals surface area contributed by atoms with Gasteiger partial charge < -0.3 is 0 Å². The highest BCUT2D eigenvalue weighted by Crippen LogP contribution is 2.25. The van der Waals surface area contributed by atoms with E-state index in [0.717, 1.165) is 0 Å². The first kappa shape index (κ1) is 23.1. The number of sulfonamides is 1. The molecule has 2 aromatic carbocycles. The highest BCUT2D eigenvalue weighted by Gasteiger charge is 2.28. The third-order valence-electron chi connectivity index (χ3n) is 5.56. The van der Waals surface area contributed by atoms with Crippen LogP contribution in [0.25, 0.3) is 15.5 Å². The first-order valence-electron chi connectivity index (χ1n) is 10.4. The number of benzene rings is 2. The summed E-state index contributed by atoms with van der Waals surface area (Å²) < 4.78 is 41.6. The molecular weight excluding hydrogens is 501 g/mol. The fraction of sp³-hybridized carbons (Fsp3) is 0.227. The molecule has 8 nitrogen and oxygen atoms in total. The van der Waals surface area contributed by atoms with Gasteiger partial charge in [-0.3, -0.25) is 9.69 Å². The van der Waals surface area contributed by atoms with Crippen LogP contribution in [0.5, 0.6) is 0 Å². The van der Waals surface area contributed by atoms with Crippen LogP contribution < -0.4 is 5.56 Å². The maximum Gasteiger partial charge on any atom is 0.275 e. The van der Waals surface area contributed by atoms with Crippen molar-refractivity contribution in [3.8, 4) is 10.6 Å². The maximum atomic E-state index is 13.2. The molecule has 0 unspecified atom stereocenters. The maximum absolute atomic E-state index is 13.2. The Morgan fingerprint density at radius 2 is 1.68 bits per heavy atom. The number of halogens is 2. The van der Waals surface area contributed by atoms with Crippen molar-refractivity contribution in [3.63, 3.8) is 0 Å². The average Bonchev–Trinajstić information content (AvgIpc) is 3.25. The van der Waals surface area contributed by atoms with Gasteiger partial charge in [0.1, 0.15) is 10.8 Å². The second kappa shape index (κ2) is 9.16. The molecule has 0 N–H and O–H groups in total. The Bertz CT molecular complexity index is 1500. The van der Waals surface area contributed by atoms with Crippen molar-refractivity contribution in [1.29, 1.82) is 0 Å². The van der Waals surface area contributed by atoms with Gasteiger partial charge >= 0.3 is 0 Å². The minimum Gasteiger partial charge on any atom is -0.295 e. The fourth-order valence-electron chi connectivity index (χ4n) is 3.76. The molecule has 12 heteroatoms. The molecule has 5 rings (SSSR count). The first-order chi connectivity index (χ1) is 16.3. The summed E-state index contributed by atoms with van der Waals surface area (Å²) in [6.45, 7) is 2.11. The van der Waals surface area contributed by atoms with Crippen molar-refractivity contribution in [1.82, 2.24) is 23.8 Å². The number of fused-ring (bicyclic) bond motifs is 1. The van der Waals surface area contributed by atoms with Crippen LogP contribution >= 0.6 is 22.9 Å². The average molecular weight is 520 g/mol. The second-order valence-corrected chi connectivity index (χ2v) is 11.2. The Morgan fingerprint density at radius 1 is 1.00 bits per heavy atom. The van der Waals surface area contributed by atoms with Gasteiger partial charge in [-0.2, -0.15) is 13.9 Å². The van der Waals surface area contributed by atoms with Crippen LogP contribution in [0.4, 0.5) is 4.39 Å². The minimum atomic E-state index is -3.59. The zero-order valence-corrected chi connectivity index (χ0v) is 20.2. The summed E-state index contributed by atoms with van der Waals surface area (Å²) in [6.07, 6.45) is 0. The number of nitrogens with zero attached hydrogens (tertiary/aromatic N) is 5. The summed E-state index contributed by atoms with van der Waals surface area (Å²) in [6, 6.07) is 13.5. The minimum absolute atomic E-state index is 0.215. The molecule has 1 aliphatic rings. The van der Waals surface area contributed by atoms with E-state index < -0.39 is 10.0 Å². The Hall–Kier alpha value is -2.70. The van der Waals surface area contributed by atoms with Gasteiger partial charge in [-0.05, 0) is 48.5 Å². The van der Waals surface area contributed by atoms with Crippen LogP contribution in [0.3, 0.4) is 0 Å². The number of rotatable bonds is 5. The molecule has 0 spiro atoms. The van der Waals surface area contributed by atoms with Gasteiger partial charge in [-0.1, -0.05) is 22.9 Å². The molecule has 3 heterocycles. The molecule has 34 heavy (non-hydrogen) atoms. The van der Waals surface area contributed by atoms with Crippen molar-refractivity contribution < 1.29 is 12.8 Å². The molecule has 0 atom stereocenters. The molecule has 0 aliphatic carbocycles. The molecule has 176 valence electrons. The summed E-state index contributed by atoms with van der Waals surface area (Å²) in [4.78, 5) is 19.9. The zero-order valence-electron chi connectivity index (χ0n) is 17.8. The Labute approximate surface area is 203 Å². The lowest BCUT2D eigenvalue weighted by atomic mass is 10.2. The van der Waals surface area contributed by atoms with Crippen molar-refractivity contribution in [2.45, 2.75) is 11.4 Å². The third kappa shape index (κ3) is 4.62. The molecule has 0 bridgehead atoms. The Balaban J connectivity index is 1.29. The van der Waals surface area contributed by atoms with Crippen LogP contribution in [0.1, 0.15) is 5.69 Å². The molecule has 1 fully saturated rings. The van der Waals surface area contributed by atoms with E-state index >= 15 is 0 Å². The number of hydrogen-bond donors (Lipinski definition) is 0. The van der Waals surface area contributed by atoms with Crippen LogP contribution in [0.15, 0.2) is 64.3 Å². The van der Waals surface area contributed by atoms with E-state index in [2.05, 4.69) is 15.0 Å². The lowest BCUT2D eigenvalue weighted by molar-refractivity contribution is 0.180. The fourth-order valence-corrected chi connectivity index (χ4v) is 6.24. The van der Waals surface area contributed by atoms with E-state index in [9.17, 15) is 17.6 Å². The van der Waals surface area contributed by atoms with Crippen LogP contribution in [0.2, 0.25) is 5.02 Å². The normalized spacial score (nSPS) is 15.7. The highest BCUT2D eigenvalue weighted by atomic mass is 35.5. The second-order valence-electron chi connectivity index (χ2n) is 7.83. The Morgan fingerprint density at radius 3 is 2.35 bits per heavy atom. The van der Waals surface area contributed by atoms with E-state index in [1.54, 1.807) is 24.3 Å². The third-order valence-corrected chi connectivity index (χ3v) is 8.68. The topological polar surface area (TPSA) is 87.9 Å². The molecule has 4 aromatic rings. The summed E-state index contributed by atoms with van der Waals surface area (Å²) in [5.41, 5.74) is 0.998. The van der Waals surface area contributed by atoms with Crippen molar-refractivity contribution in [3.05, 3.63) is 81.5 Å². The lowest BCUT2D eigenvalue weighted by Gasteiger charge is -2.33. The molecule has 2 aromatic heterocycles. The lowest BCUT2D eigenvalue weighted by Crippen LogP contribution is -2.48. The van der Waals surface area contributed by atoms with E-state index in [-0.39, 0.29) is 16.3 Å². The molecule has 0 saturated carbocycles. The quantitative estimate of drug-likeness (QED) is 0.402. The van der Waals surface area contributed by atoms with Gasteiger partial charge in [-0.25, -0.2) is 17.8 Å². The van der Waals surface area contributed by atoms with Gasteiger partial charge in [0.05, 0.1) is 10.6 Å². The van der Waals surface area contributed by atoms with Gasteiger partial charge in [0.25, 0.3) is 5.56 Å². The predicted molar refractivity (Wildman–Crippen MR) is 128 cm³/mol. The van der Waals surface area contributed by atoms with E-state index in [1.165, 1.54) is 50.5 Å². The van der Waals surface area contributed by atoms with Gasteiger partial charge in [0.15, 0.2) is 0 Å².